The van der Waals surface area contributed by atoms with Gasteiger partial charge in [0, 0.05) is 51.9 Å². The number of hydrogen-bond donors (Lipinski definition) is 1. The fraction of sp³-hybridized carbons (Fsp3) is 0.750. The van der Waals surface area contributed by atoms with Gasteiger partial charge in [-0.3, -0.25) is 4.90 Å². The third kappa shape index (κ3) is 3.87. The lowest BCUT2D eigenvalue weighted by molar-refractivity contribution is 0.0344. The lowest BCUT2D eigenvalue weighted by atomic mass is 10.1. The van der Waals surface area contributed by atoms with E-state index in [1.165, 1.54) is 12.8 Å². The van der Waals surface area contributed by atoms with Gasteiger partial charge in [-0.1, -0.05) is 0 Å². The molecule has 0 saturated carbocycles. The maximum Gasteiger partial charge on any atom is 0.134 e. The van der Waals surface area contributed by atoms with Crippen LogP contribution in [0.5, 0.6) is 0 Å². The second kappa shape index (κ2) is 6.38. The van der Waals surface area contributed by atoms with Crippen LogP contribution in [0.3, 0.4) is 0 Å². The molecule has 3 rings (SSSR count). The van der Waals surface area contributed by atoms with Crippen LogP contribution >= 0.6 is 0 Å². The lowest BCUT2D eigenvalue weighted by Crippen LogP contribution is -2.50. The van der Waals surface area contributed by atoms with Gasteiger partial charge in [0.2, 0.25) is 0 Å². The Bertz CT molecular complexity index is 488. The highest BCUT2D eigenvalue weighted by Crippen LogP contribution is 2.22. The molecular weight excluding hydrogens is 278 g/mol. The Balaban J connectivity index is 1.60. The van der Waals surface area contributed by atoms with Gasteiger partial charge < -0.3 is 14.9 Å². The maximum atomic E-state index is 9.93. The minimum Gasteiger partial charge on any atom is -0.389 e. The third-order valence-electron chi connectivity index (χ3n) is 4.38. The fourth-order valence-electron chi connectivity index (χ4n) is 3.31. The van der Waals surface area contributed by atoms with Crippen molar-refractivity contribution in [3.63, 3.8) is 0 Å². The average Bonchev–Trinajstić information content (AvgIpc) is 3.01. The van der Waals surface area contributed by atoms with Crippen molar-refractivity contribution in [3.05, 3.63) is 12.4 Å². The minimum atomic E-state index is -0.625. The summed E-state index contributed by atoms with van der Waals surface area (Å²) in [7, 11) is 0. The largest absolute Gasteiger partial charge is 0.389 e. The molecule has 2 aliphatic heterocycles. The summed E-state index contributed by atoms with van der Waals surface area (Å²) in [5.74, 6) is 2.08. The van der Waals surface area contributed by atoms with E-state index in [1.54, 1.807) is 6.33 Å². The minimum absolute atomic E-state index is 0.625. The molecule has 2 saturated heterocycles. The lowest BCUT2D eigenvalue weighted by Gasteiger charge is -2.37. The van der Waals surface area contributed by atoms with Gasteiger partial charge in [-0.25, -0.2) is 9.97 Å². The van der Waals surface area contributed by atoms with Crippen LogP contribution in [0.2, 0.25) is 0 Å². The second-order valence-corrected chi connectivity index (χ2v) is 7.00. The van der Waals surface area contributed by atoms with E-state index in [4.69, 9.17) is 0 Å². The summed E-state index contributed by atoms with van der Waals surface area (Å²) in [6, 6.07) is 2.12. The van der Waals surface area contributed by atoms with Crippen molar-refractivity contribution in [2.75, 3.05) is 55.6 Å². The fourth-order valence-corrected chi connectivity index (χ4v) is 3.31. The monoisotopic (exact) mass is 305 g/mol. The number of aromatic nitrogens is 2. The Labute approximate surface area is 132 Å². The van der Waals surface area contributed by atoms with E-state index in [-0.39, 0.29) is 0 Å². The summed E-state index contributed by atoms with van der Waals surface area (Å²) in [5, 5.41) is 9.93. The second-order valence-electron chi connectivity index (χ2n) is 7.00. The molecule has 1 N–H and O–H groups in total. The molecule has 0 bridgehead atoms. The van der Waals surface area contributed by atoms with E-state index in [2.05, 4.69) is 30.7 Å². The van der Waals surface area contributed by atoms with E-state index in [9.17, 15) is 5.11 Å². The Hall–Kier alpha value is -1.40. The molecule has 0 atom stereocenters. The Morgan fingerprint density at radius 1 is 0.955 bits per heavy atom. The summed E-state index contributed by atoms with van der Waals surface area (Å²) in [6.07, 6.45) is 4.20. The van der Waals surface area contributed by atoms with E-state index < -0.39 is 5.60 Å². The van der Waals surface area contributed by atoms with Crippen LogP contribution in [0.1, 0.15) is 26.7 Å². The Morgan fingerprint density at radius 2 is 1.50 bits per heavy atom. The van der Waals surface area contributed by atoms with E-state index in [1.807, 2.05) is 13.8 Å². The molecule has 0 amide bonds. The number of rotatable bonds is 4. The molecule has 0 aliphatic carbocycles. The van der Waals surface area contributed by atoms with Crippen LogP contribution in [0.15, 0.2) is 12.4 Å². The number of hydrogen-bond acceptors (Lipinski definition) is 6. The molecule has 0 radical (unpaired) electrons. The molecule has 2 aliphatic rings. The van der Waals surface area contributed by atoms with Gasteiger partial charge in [-0.2, -0.15) is 0 Å². The summed E-state index contributed by atoms with van der Waals surface area (Å²) in [4.78, 5) is 15.9. The molecule has 22 heavy (non-hydrogen) atoms. The molecule has 0 aromatic carbocycles. The first-order valence-corrected chi connectivity index (χ1v) is 8.28. The van der Waals surface area contributed by atoms with E-state index in [0.717, 1.165) is 57.4 Å². The summed E-state index contributed by atoms with van der Waals surface area (Å²) >= 11 is 0. The van der Waals surface area contributed by atoms with Crippen molar-refractivity contribution in [1.82, 2.24) is 14.9 Å². The Kier molecular flexibility index (Phi) is 4.49. The Morgan fingerprint density at radius 3 is 2.05 bits per heavy atom. The van der Waals surface area contributed by atoms with Gasteiger partial charge in [-0.05, 0) is 26.7 Å². The van der Waals surface area contributed by atoms with Crippen LogP contribution in [-0.2, 0) is 0 Å². The zero-order chi connectivity index (χ0) is 15.6. The molecule has 1 aromatic rings. The molecule has 2 fully saturated rings. The van der Waals surface area contributed by atoms with Crippen LogP contribution in [-0.4, -0.2) is 71.4 Å². The van der Waals surface area contributed by atoms with Crippen LogP contribution < -0.4 is 9.80 Å². The van der Waals surface area contributed by atoms with Crippen LogP contribution in [0, 0.1) is 0 Å². The van der Waals surface area contributed by atoms with Gasteiger partial charge >= 0.3 is 0 Å². The molecule has 3 heterocycles. The van der Waals surface area contributed by atoms with Crippen molar-refractivity contribution in [2.24, 2.45) is 0 Å². The highest BCUT2D eigenvalue weighted by molar-refractivity contribution is 5.50. The highest BCUT2D eigenvalue weighted by atomic mass is 16.3. The van der Waals surface area contributed by atoms with Crippen molar-refractivity contribution >= 4 is 11.6 Å². The summed E-state index contributed by atoms with van der Waals surface area (Å²) < 4.78 is 0. The zero-order valence-corrected chi connectivity index (χ0v) is 13.7. The number of anilines is 2. The predicted molar refractivity (Wildman–Crippen MR) is 88.4 cm³/mol. The van der Waals surface area contributed by atoms with Gasteiger partial charge in [-0.15, -0.1) is 0 Å². The van der Waals surface area contributed by atoms with Crippen LogP contribution in [0.4, 0.5) is 11.6 Å². The van der Waals surface area contributed by atoms with Crippen molar-refractivity contribution in [2.45, 2.75) is 32.3 Å². The van der Waals surface area contributed by atoms with Crippen molar-refractivity contribution < 1.29 is 5.11 Å². The molecule has 6 nitrogen and oxygen atoms in total. The quantitative estimate of drug-likeness (QED) is 0.894. The standard InChI is InChI=1S/C16H27N5O/c1-16(2,22)12-19-7-9-21(10-8-19)15-11-14(17-13-18-15)20-5-3-4-6-20/h11,13,22H,3-10,12H2,1-2H3. The first kappa shape index (κ1) is 15.5. The highest BCUT2D eigenvalue weighted by Gasteiger charge is 2.24. The number of nitrogens with zero attached hydrogens (tertiary/aromatic N) is 5. The topological polar surface area (TPSA) is 55.7 Å². The van der Waals surface area contributed by atoms with Crippen molar-refractivity contribution in [3.8, 4) is 0 Å². The van der Waals surface area contributed by atoms with Crippen molar-refractivity contribution in [1.29, 1.82) is 0 Å². The van der Waals surface area contributed by atoms with Gasteiger partial charge in [0.15, 0.2) is 0 Å². The average molecular weight is 305 g/mol. The molecular formula is C16H27N5O. The summed E-state index contributed by atoms with van der Waals surface area (Å²) in [5.41, 5.74) is -0.625. The number of piperazine rings is 1. The molecule has 0 unspecified atom stereocenters. The first-order valence-electron chi connectivity index (χ1n) is 8.28. The molecule has 1 aromatic heterocycles. The molecule has 0 spiro atoms. The smallest absolute Gasteiger partial charge is 0.134 e. The summed E-state index contributed by atoms with van der Waals surface area (Å²) in [6.45, 7) is 10.5. The number of aliphatic hydroxyl groups is 1. The maximum absolute atomic E-state index is 9.93. The van der Waals surface area contributed by atoms with Crippen LogP contribution in [0.25, 0.3) is 0 Å². The van der Waals surface area contributed by atoms with Gasteiger partial charge in [0.25, 0.3) is 0 Å². The SMILES string of the molecule is CC(C)(O)CN1CCN(c2cc(N3CCCC3)ncn2)CC1. The van der Waals surface area contributed by atoms with E-state index in [0.29, 0.717) is 0 Å². The normalized spacial score (nSPS) is 20.7. The predicted octanol–water partition coefficient (Wildman–Crippen LogP) is 0.970. The van der Waals surface area contributed by atoms with Gasteiger partial charge in [0.1, 0.15) is 18.0 Å². The third-order valence-corrected chi connectivity index (χ3v) is 4.38. The van der Waals surface area contributed by atoms with Gasteiger partial charge in [0.05, 0.1) is 5.60 Å². The van der Waals surface area contributed by atoms with E-state index >= 15 is 0 Å². The first-order chi connectivity index (χ1) is 10.5. The zero-order valence-electron chi connectivity index (χ0n) is 13.7. The molecule has 122 valence electrons. The number of β-amino-alcohol motifs (C(OH)–C–C–N with tert-alkyl or cyclic N) is 1. The molecule has 6 heteroatoms.